The largest absolute Gasteiger partial charge is 0.375 e. The van der Waals surface area contributed by atoms with Gasteiger partial charge >= 0.3 is 0 Å². The van der Waals surface area contributed by atoms with E-state index in [1.807, 2.05) is 59.5 Å². The predicted octanol–water partition coefficient (Wildman–Crippen LogP) is 4.75. The van der Waals surface area contributed by atoms with Crippen molar-refractivity contribution >= 4 is 5.91 Å². The molecule has 1 saturated carbocycles. The van der Waals surface area contributed by atoms with Crippen molar-refractivity contribution < 1.29 is 19.0 Å². The molecular weight excluding hydrogens is 438 g/mol. The fourth-order valence-electron chi connectivity index (χ4n) is 5.71. The highest BCUT2D eigenvalue weighted by Crippen LogP contribution is 2.64. The van der Waals surface area contributed by atoms with E-state index in [1.165, 1.54) is 0 Å². The summed E-state index contributed by atoms with van der Waals surface area (Å²) in [5.74, 6) is 0.245. The lowest BCUT2D eigenvalue weighted by Crippen LogP contribution is -2.65. The van der Waals surface area contributed by atoms with Gasteiger partial charge in [-0.05, 0) is 29.5 Å². The van der Waals surface area contributed by atoms with Gasteiger partial charge in [0.15, 0.2) is 0 Å². The van der Waals surface area contributed by atoms with E-state index in [4.69, 9.17) is 14.2 Å². The minimum absolute atomic E-state index is 0.0600. The van der Waals surface area contributed by atoms with Gasteiger partial charge in [0.05, 0.1) is 43.9 Å². The van der Waals surface area contributed by atoms with E-state index in [-0.39, 0.29) is 35.6 Å². The Balaban J connectivity index is 1.22. The number of benzene rings is 3. The molecule has 2 aliphatic heterocycles. The second-order valence-corrected chi connectivity index (χ2v) is 9.90. The average Bonchev–Trinajstić information content (AvgIpc) is 3.69. The summed E-state index contributed by atoms with van der Waals surface area (Å²) in [5.41, 5.74) is 3.11. The van der Waals surface area contributed by atoms with Crippen LogP contribution in [0.3, 0.4) is 0 Å². The Bertz CT molecular complexity index is 1130. The molecule has 0 aromatic heterocycles. The number of ether oxygens (including phenoxy) is 3. The molecular formula is C30H31NO4. The molecule has 3 aliphatic rings. The molecule has 180 valence electrons. The van der Waals surface area contributed by atoms with Crippen LogP contribution >= 0.6 is 0 Å². The number of rotatable bonds is 10. The van der Waals surface area contributed by atoms with E-state index in [0.717, 1.165) is 29.5 Å². The van der Waals surface area contributed by atoms with Crippen molar-refractivity contribution in [1.29, 1.82) is 0 Å². The Hall–Kier alpha value is -2.99. The zero-order chi connectivity index (χ0) is 23.7. The third-order valence-electron chi connectivity index (χ3n) is 7.66. The Kier molecular flexibility index (Phi) is 6.15. The van der Waals surface area contributed by atoms with Crippen LogP contribution in [0.2, 0.25) is 0 Å². The van der Waals surface area contributed by atoms with Gasteiger partial charge in [-0.15, -0.1) is 0 Å². The second kappa shape index (κ2) is 9.57. The van der Waals surface area contributed by atoms with Crippen LogP contribution in [0.25, 0.3) is 0 Å². The summed E-state index contributed by atoms with van der Waals surface area (Å²) in [6.07, 6.45) is 1.47. The first kappa shape index (κ1) is 22.5. The van der Waals surface area contributed by atoms with Crippen molar-refractivity contribution in [2.45, 2.75) is 57.0 Å². The van der Waals surface area contributed by atoms with Crippen LogP contribution in [-0.4, -0.2) is 41.7 Å². The lowest BCUT2D eigenvalue weighted by Gasteiger charge is -2.47. The van der Waals surface area contributed by atoms with Crippen LogP contribution in [-0.2, 0) is 38.8 Å². The van der Waals surface area contributed by atoms with Crippen molar-refractivity contribution in [3.05, 3.63) is 108 Å². The molecule has 1 aliphatic carbocycles. The van der Waals surface area contributed by atoms with Gasteiger partial charge in [-0.3, -0.25) is 4.79 Å². The van der Waals surface area contributed by atoms with Gasteiger partial charge in [-0.25, -0.2) is 0 Å². The van der Waals surface area contributed by atoms with E-state index in [9.17, 15) is 4.79 Å². The molecule has 5 nitrogen and oxygen atoms in total. The highest BCUT2D eigenvalue weighted by molar-refractivity contribution is 5.94. The highest BCUT2D eigenvalue weighted by atomic mass is 16.5. The first-order valence-corrected chi connectivity index (χ1v) is 12.5. The van der Waals surface area contributed by atoms with Crippen molar-refractivity contribution in [3.8, 4) is 0 Å². The molecule has 6 rings (SSSR count). The van der Waals surface area contributed by atoms with Crippen LogP contribution in [0.4, 0.5) is 0 Å². The van der Waals surface area contributed by atoms with Crippen molar-refractivity contribution in [3.63, 3.8) is 0 Å². The number of β-lactam (4-membered cyclic amide) rings is 1. The van der Waals surface area contributed by atoms with Gasteiger partial charge in [-0.2, -0.15) is 0 Å². The topological polar surface area (TPSA) is 48.0 Å². The summed E-state index contributed by atoms with van der Waals surface area (Å²) in [7, 11) is 0. The number of carbonyl (C=O) groups excluding carboxylic acids is 1. The quantitative estimate of drug-likeness (QED) is 0.402. The van der Waals surface area contributed by atoms with Crippen LogP contribution in [0.1, 0.15) is 29.5 Å². The molecule has 3 aromatic carbocycles. The molecule has 4 atom stereocenters. The molecule has 0 radical (unpaired) electrons. The third kappa shape index (κ3) is 4.29. The van der Waals surface area contributed by atoms with Gasteiger partial charge < -0.3 is 19.1 Å². The summed E-state index contributed by atoms with van der Waals surface area (Å²) in [6, 6.07) is 30.4. The smallest absolute Gasteiger partial charge is 0.231 e. The number of hydrogen-bond acceptors (Lipinski definition) is 4. The highest BCUT2D eigenvalue weighted by Gasteiger charge is 2.76. The van der Waals surface area contributed by atoms with Crippen molar-refractivity contribution in [2.75, 3.05) is 6.61 Å². The summed E-state index contributed by atoms with van der Waals surface area (Å²) < 4.78 is 19.3. The molecule has 2 saturated heterocycles. The second-order valence-electron chi connectivity index (χ2n) is 9.90. The lowest BCUT2D eigenvalue weighted by atomic mass is 9.83. The Labute approximate surface area is 206 Å². The van der Waals surface area contributed by atoms with E-state index in [2.05, 4.69) is 36.4 Å². The monoisotopic (exact) mass is 469 g/mol. The number of amides is 1. The third-order valence-corrected chi connectivity index (χ3v) is 7.66. The molecule has 1 amide bonds. The SMILES string of the molecule is O=C1N2[C@H](COCc3ccccc3)[C@@H](OCc3ccccc3)[C@H](OCc3ccccc3)[C@H]2C12CC2. The summed E-state index contributed by atoms with van der Waals surface area (Å²) in [6.45, 7) is 1.92. The maximum Gasteiger partial charge on any atom is 0.231 e. The van der Waals surface area contributed by atoms with Crippen molar-refractivity contribution in [2.24, 2.45) is 5.41 Å². The summed E-state index contributed by atoms with van der Waals surface area (Å²) >= 11 is 0. The molecule has 0 bridgehead atoms. The average molecular weight is 470 g/mol. The molecule has 2 heterocycles. The number of carbonyl (C=O) groups is 1. The predicted molar refractivity (Wildman–Crippen MR) is 132 cm³/mol. The van der Waals surface area contributed by atoms with Gasteiger partial charge in [-0.1, -0.05) is 91.0 Å². The molecule has 5 heteroatoms. The Morgan fingerprint density at radius 3 is 1.69 bits per heavy atom. The van der Waals surface area contributed by atoms with Gasteiger partial charge in [0.1, 0.15) is 12.2 Å². The van der Waals surface area contributed by atoms with E-state index in [1.54, 1.807) is 0 Å². The maximum atomic E-state index is 13.3. The summed E-state index contributed by atoms with van der Waals surface area (Å²) in [4.78, 5) is 15.3. The van der Waals surface area contributed by atoms with E-state index < -0.39 is 0 Å². The maximum absolute atomic E-state index is 13.3. The van der Waals surface area contributed by atoms with E-state index >= 15 is 0 Å². The first-order valence-electron chi connectivity index (χ1n) is 12.5. The molecule has 35 heavy (non-hydrogen) atoms. The van der Waals surface area contributed by atoms with Gasteiger partial charge in [0.25, 0.3) is 0 Å². The number of fused-ring (bicyclic) bond motifs is 2. The fourth-order valence-corrected chi connectivity index (χ4v) is 5.71. The minimum atomic E-state index is -0.247. The Morgan fingerprint density at radius 2 is 1.17 bits per heavy atom. The molecule has 1 spiro atoms. The van der Waals surface area contributed by atoms with Crippen molar-refractivity contribution in [1.82, 2.24) is 4.90 Å². The van der Waals surface area contributed by atoms with Crippen LogP contribution in [0.15, 0.2) is 91.0 Å². The number of hydrogen-bond donors (Lipinski definition) is 0. The van der Waals surface area contributed by atoms with Gasteiger partial charge in [0.2, 0.25) is 5.91 Å². The molecule has 3 fully saturated rings. The minimum Gasteiger partial charge on any atom is -0.375 e. The fraction of sp³-hybridized carbons (Fsp3) is 0.367. The zero-order valence-electron chi connectivity index (χ0n) is 19.8. The van der Waals surface area contributed by atoms with Crippen LogP contribution in [0, 0.1) is 5.41 Å². The number of nitrogens with zero attached hydrogens (tertiary/aromatic N) is 1. The Morgan fingerprint density at radius 1 is 0.686 bits per heavy atom. The van der Waals surface area contributed by atoms with Gasteiger partial charge in [0, 0.05) is 0 Å². The van der Waals surface area contributed by atoms with Crippen LogP contribution < -0.4 is 0 Å². The normalized spacial score (nSPS) is 25.9. The first-order chi connectivity index (χ1) is 17.3. The lowest BCUT2D eigenvalue weighted by molar-refractivity contribution is -0.167. The summed E-state index contributed by atoms with van der Waals surface area (Å²) in [5, 5.41) is 0. The van der Waals surface area contributed by atoms with E-state index in [0.29, 0.717) is 26.4 Å². The standard InChI is InChI=1S/C30H31NO4/c32-29-30(16-17-30)28-27(35-20-24-14-8-3-9-15-24)26(34-19-23-12-6-2-7-13-23)25(31(28)29)21-33-18-22-10-4-1-5-11-22/h1-15,25-28H,16-21H2/t25-,26-,27+,28+/m1/s1. The van der Waals surface area contributed by atoms with Crippen LogP contribution in [0.5, 0.6) is 0 Å². The molecule has 3 aromatic rings. The molecule has 0 N–H and O–H groups in total. The molecule has 0 unspecified atom stereocenters. The zero-order valence-corrected chi connectivity index (χ0v) is 19.8.